The number of carbonyl (C=O) groups is 1. The Morgan fingerprint density at radius 2 is 2.15 bits per heavy atom. The van der Waals surface area contributed by atoms with Crippen molar-refractivity contribution in [3.63, 3.8) is 0 Å². The van der Waals surface area contributed by atoms with Crippen molar-refractivity contribution >= 4 is 28.2 Å². The molecule has 0 atom stereocenters. The Labute approximate surface area is 145 Å². The maximum Gasteiger partial charge on any atom is 0.276 e. The van der Waals surface area contributed by atoms with Crippen molar-refractivity contribution in [2.45, 2.75) is 0 Å². The summed E-state index contributed by atoms with van der Waals surface area (Å²) in [5, 5.41) is 24.7. The number of aromatic nitrogens is 5. The average molecular weight is 349 g/mol. The predicted molar refractivity (Wildman–Crippen MR) is 92.1 cm³/mol. The van der Waals surface area contributed by atoms with Gasteiger partial charge in [-0.2, -0.15) is 10.2 Å². The summed E-state index contributed by atoms with van der Waals surface area (Å²) in [7, 11) is 0. The molecule has 2 N–H and O–H groups in total. The molecule has 0 aliphatic heterocycles. The average Bonchev–Trinajstić information content (AvgIpc) is 3.31. The molecule has 10 nitrogen and oxygen atoms in total. The van der Waals surface area contributed by atoms with Crippen LogP contribution in [-0.2, 0) is 0 Å². The quantitative estimate of drug-likeness (QED) is 0.429. The van der Waals surface area contributed by atoms with E-state index in [0.717, 1.165) is 0 Å². The first-order valence-electron chi connectivity index (χ1n) is 7.52. The summed E-state index contributed by atoms with van der Waals surface area (Å²) < 4.78 is 1.59. The number of nitrogens with zero attached hydrogens (tertiary/aromatic N) is 5. The topological polar surface area (TPSA) is 132 Å². The zero-order valence-electron chi connectivity index (χ0n) is 13.2. The number of carbonyl (C=O) groups excluding carboxylic acids is 1. The molecule has 4 rings (SSSR count). The van der Waals surface area contributed by atoms with E-state index in [0.29, 0.717) is 22.4 Å². The number of benzene rings is 1. The number of nitro groups is 1. The number of nitro benzene ring substituents is 1. The molecule has 10 heteroatoms. The Balaban J connectivity index is 1.59. The Morgan fingerprint density at radius 3 is 2.85 bits per heavy atom. The van der Waals surface area contributed by atoms with Crippen molar-refractivity contribution in [2.75, 3.05) is 5.32 Å². The van der Waals surface area contributed by atoms with Crippen LogP contribution in [0.2, 0.25) is 0 Å². The fourth-order valence-corrected chi connectivity index (χ4v) is 2.48. The summed E-state index contributed by atoms with van der Waals surface area (Å²) in [5.74, 6) is 0.110. The SMILES string of the molecule is O=C(Nc1ccc(-n2cccn2)nc1)c1n[nH]c2ccc([N+](=O)[O-])cc12. The molecule has 0 bridgehead atoms. The fraction of sp³-hybridized carbons (Fsp3) is 0. The van der Waals surface area contributed by atoms with Crippen molar-refractivity contribution in [3.05, 3.63) is 70.8 Å². The minimum atomic E-state index is -0.522. The second-order valence-corrected chi connectivity index (χ2v) is 5.37. The van der Waals surface area contributed by atoms with E-state index < -0.39 is 10.8 Å². The maximum absolute atomic E-state index is 12.5. The van der Waals surface area contributed by atoms with Crippen LogP contribution in [0.5, 0.6) is 0 Å². The molecule has 0 radical (unpaired) electrons. The van der Waals surface area contributed by atoms with E-state index in [1.54, 1.807) is 35.3 Å². The van der Waals surface area contributed by atoms with Gasteiger partial charge in [-0.3, -0.25) is 20.0 Å². The summed E-state index contributed by atoms with van der Waals surface area (Å²) in [6, 6.07) is 9.33. The smallest absolute Gasteiger partial charge is 0.276 e. The van der Waals surface area contributed by atoms with Gasteiger partial charge in [0, 0.05) is 29.9 Å². The van der Waals surface area contributed by atoms with Gasteiger partial charge in [0.1, 0.15) is 0 Å². The summed E-state index contributed by atoms with van der Waals surface area (Å²) in [5.41, 5.74) is 0.957. The lowest BCUT2D eigenvalue weighted by atomic mass is 10.2. The van der Waals surface area contributed by atoms with Crippen LogP contribution in [0.15, 0.2) is 55.0 Å². The molecule has 3 heterocycles. The first kappa shape index (κ1) is 15.4. The van der Waals surface area contributed by atoms with Crippen LogP contribution in [0, 0.1) is 10.1 Å². The highest BCUT2D eigenvalue weighted by atomic mass is 16.6. The molecule has 0 spiro atoms. The molecule has 4 aromatic rings. The molecule has 1 aromatic carbocycles. The van der Waals surface area contributed by atoms with E-state index in [-0.39, 0.29) is 11.4 Å². The maximum atomic E-state index is 12.5. The van der Waals surface area contributed by atoms with Crippen molar-refractivity contribution in [1.29, 1.82) is 0 Å². The standard InChI is InChI=1S/C16H11N7O3/c24-16(15-12-8-11(23(25)26)3-4-13(12)20-21-15)19-10-2-5-14(17-9-10)22-7-1-6-18-22/h1-9H,(H,19,24)(H,20,21). The number of hydrogen-bond donors (Lipinski definition) is 2. The van der Waals surface area contributed by atoms with Gasteiger partial charge in [0.05, 0.1) is 22.3 Å². The summed E-state index contributed by atoms with van der Waals surface area (Å²) in [6.07, 6.45) is 4.88. The number of hydrogen-bond acceptors (Lipinski definition) is 6. The minimum Gasteiger partial charge on any atom is -0.319 e. The van der Waals surface area contributed by atoms with E-state index in [1.165, 1.54) is 24.4 Å². The number of fused-ring (bicyclic) bond motifs is 1. The van der Waals surface area contributed by atoms with E-state index in [9.17, 15) is 14.9 Å². The summed E-state index contributed by atoms with van der Waals surface area (Å²) in [4.78, 5) is 27.1. The lowest BCUT2D eigenvalue weighted by Crippen LogP contribution is -2.13. The minimum absolute atomic E-state index is 0.0693. The molecule has 3 aromatic heterocycles. The number of rotatable bonds is 4. The Hall–Kier alpha value is -4.08. The third-order valence-corrected chi connectivity index (χ3v) is 3.72. The van der Waals surface area contributed by atoms with E-state index in [4.69, 9.17) is 0 Å². The van der Waals surface area contributed by atoms with Crippen LogP contribution in [-0.4, -0.2) is 35.8 Å². The van der Waals surface area contributed by atoms with Gasteiger partial charge in [0.2, 0.25) is 0 Å². The lowest BCUT2D eigenvalue weighted by molar-refractivity contribution is -0.384. The highest BCUT2D eigenvalue weighted by molar-refractivity contribution is 6.11. The van der Waals surface area contributed by atoms with Crippen molar-refractivity contribution in [1.82, 2.24) is 25.0 Å². The van der Waals surface area contributed by atoms with Crippen LogP contribution in [0.3, 0.4) is 0 Å². The lowest BCUT2D eigenvalue weighted by Gasteiger charge is -2.05. The van der Waals surface area contributed by atoms with Gasteiger partial charge in [-0.15, -0.1) is 0 Å². The van der Waals surface area contributed by atoms with Crippen LogP contribution < -0.4 is 5.32 Å². The van der Waals surface area contributed by atoms with Gasteiger partial charge < -0.3 is 5.32 Å². The third kappa shape index (κ3) is 2.75. The molecule has 128 valence electrons. The normalized spacial score (nSPS) is 10.8. The third-order valence-electron chi connectivity index (χ3n) is 3.72. The van der Waals surface area contributed by atoms with Gasteiger partial charge in [0.25, 0.3) is 11.6 Å². The Morgan fingerprint density at radius 1 is 1.27 bits per heavy atom. The monoisotopic (exact) mass is 349 g/mol. The molecular weight excluding hydrogens is 338 g/mol. The van der Waals surface area contributed by atoms with Crippen molar-refractivity contribution < 1.29 is 9.72 Å². The number of pyridine rings is 1. The molecule has 26 heavy (non-hydrogen) atoms. The summed E-state index contributed by atoms with van der Waals surface area (Å²) in [6.45, 7) is 0. The van der Waals surface area contributed by atoms with E-state index in [2.05, 4.69) is 25.6 Å². The van der Waals surface area contributed by atoms with Gasteiger partial charge >= 0.3 is 0 Å². The van der Waals surface area contributed by atoms with E-state index >= 15 is 0 Å². The number of H-pyrrole nitrogens is 1. The number of nitrogens with one attached hydrogen (secondary N) is 2. The van der Waals surface area contributed by atoms with Crippen molar-refractivity contribution in [2.24, 2.45) is 0 Å². The first-order valence-corrected chi connectivity index (χ1v) is 7.52. The molecule has 1 amide bonds. The first-order chi connectivity index (χ1) is 12.6. The molecule has 0 unspecified atom stereocenters. The molecule has 0 aliphatic carbocycles. The molecule has 0 saturated carbocycles. The van der Waals surface area contributed by atoms with Crippen LogP contribution in [0.25, 0.3) is 16.7 Å². The predicted octanol–water partition coefficient (Wildman–Crippen LogP) is 2.30. The van der Waals surface area contributed by atoms with Crippen LogP contribution in [0.1, 0.15) is 10.5 Å². The number of non-ortho nitro benzene ring substituents is 1. The largest absolute Gasteiger partial charge is 0.319 e. The van der Waals surface area contributed by atoms with Gasteiger partial charge in [-0.1, -0.05) is 0 Å². The fourth-order valence-electron chi connectivity index (χ4n) is 2.48. The Bertz CT molecular complexity index is 1100. The zero-order chi connectivity index (χ0) is 18.1. The van der Waals surface area contributed by atoms with Crippen LogP contribution >= 0.6 is 0 Å². The van der Waals surface area contributed by atoms with Gasteiger partial charge in [0.15, 0.2) is 11.5 Å². The highest BCUT2D eigenvalue weighted by Gasteiger charge is 2.17. The molecule has 0 saturated heterocycles. The molecular formula is C16H11N7O3. The van der Waals surface area contributed by atoms with Crippen molar-refractivity contribution in [3.8, 4) is 5.82 Å². The zero-order valence-corrected chi connectivity index (χ0v) is 13.2. The van der Waals surface area contributed by atoms with Crippen LogP contribution in [0.4, 0.5) is 11.4 Å². The van der Waals surface area contributed by atoms with Gasteiger partial charge in [-0.05, 0) is 24.3 Å². The Kier molecular flexibility index (Phi) is 3.62. The second-order valence-electron chi connectivity index (χ2n) is 5.37. The molecule has 0 aliphatic rings. The summed E-state index contributed by atoms with van der Waals surface area (Å²) >= 11 is 0. The highest BCUT2D eigenvalue weighted by Crippen LogP contribution is 2.22. The van der Waals surface area contributed by atoms with Gasteiger partial charge in [-0.25, -0.2) is 9.67 Å². The van der Waals surface area contributed by atoms with E-state index in [1.807, 2.05) is 0 Å². The molecule has 0 fully saturated rings. The number of aromatic amines is 1. The second kappa shape index (κ2) is 6.09. The number of anilines is 1. The number of amides is 1.